The minimum absolute atomic E-state index is 0.0528. The van der Waals surface area contributed by atoms with E-state index in [2.05, 4.69) is 17.9 Å². The maximum atomic E-state index is 13.4. The lowest BCUT2D eigenvalue weighted by Gasteiger charge is -2.07. The van der Waals surface area contributed by atoms with Crippen LogP contribution in [0.25, 0.3) is 0 Å². The fourth-order valence-corrected chi connectivity index (χ4v) is 1.83. The monoisotopic (exact) mass is 281 g/mol. The topological polar surface area (TPSA) is 29.1 Å². The second kappa shape index (κ2) is 5.42. The van der Waals surface area contributed by atoms with Crippen LogP contribution in [0.2, 0.25) is 5.02 Å². The summed E-state index contributed by atoms with van der Waals surface area (Å²) in [7, 11) is 0. The van der Waals surface area contributed by atoms with Crippen LogP contribution in [-0.4, -0.2) is 5.91 Å². The largest absolute Gasteiger partial charge is 0.319 e. The molecule has 0 bridgehead atoms. The Labute approximate surface area is 114 Å². The molecule has 2 aromatic rings. The molecule has 18 heavy (non-hydrogen) atoms. The molecule has 2 aromatic carbocycles. The van der Waals surface area contributed by atoms with E-state index >= 15 is 0 Å². The van der Waals surface area contributed by atoms with Crippen molar-refractivity contribution in [3.05, 3.63) is 58.9 Å². The average molecular weight is 282 g/mol. The Morgan fingerprint density at radius 3 is 2.72 bits per heavy atom. The molecule has 0 spiro atoms. The number of carbonyl (C=O) groups is 1. The minimum Gasteiger partial charge on any atom is -0.319 e. The maximum absolute atomic E-state index is 13.4. The lowest BCUT2D eigenvalue weighted by Crippen LogP contribution is -2.12. The third-order valence-electron chi connectivity index (χ3n) is 2.28. The van der Waals surface area contributed by atoms with Crippen molar-refractivity contribution in [2.45, 2.75) is 4.90 Å². The summed E-state index contributed by atoms with van der Waals surface area (Å²) in [6.07, 6.45) is 0. The van der Waals surface area contributed by atoms with Crippen LogP contribution in [0, 0.1) is 5.82 Å². The van der Waals surface area contributed by atoms with Crippen LogP contribution in [0.1, 0.15) is 10.4 Å². The molecule has 0 aliphatic carbocycles. The van der Waals surface area contributed by atoms with Gasteiger partial charge in [-0.1, -0.05) is 17.7 Å². The highest BCUT2D eigenvalue weighted by atomic mass is 35.5. The number of benzene rings is 2. The summed E-state index contributed by atoms with van der Waals surface area (Å²) < 4.78 is 13.4. The standard InChI is InChI=1S/C13H9ClFNOS/c14-9-4-5-11(15)12(7-9)16-13(17)8-2-1-3-10(18)6-8/h1-7,18H,(H,16,17). The number of amides is 1. The zero-order chi connectivity index (χ0) is 13.1. The van der Waals surface area contributed by atoms with Crippen LogP contribution in [0.15, 0.2) is 47.4 Å². The molecule has 0 saturated heterocycles. The molecule has 0 aromatic heterocycles. The van der Waals surface area contributed by atoms with Crippen LogP contribution in [0.4, 0.5) is 10.1 Å². The molecule has 0 fully saturated rings. The molecule has 5 heteroatoms. The van der Waals surface area contributed by atoms with E-state index in [-0.39, 0.29) is 5.69 Å². The van der Waals surface area contributed by atoms with Crippen molar-refractivity contribution in [3.8, 4) is 0 Å². The third kappa shape index (κ3) is 3.03. The van der Waals surface area contributed by atoms with Crippen LogP contribution in [0.3, 0.4) is 0 Å². The van der Waals surface area contributed by atoms with Crippen LogP contribution in [0.5, 0.6) is 0 Å². The van der Waals surface area contributed by atoms with Crippen molar-refractivity contribution in [2.24, 2.45) is 0 Å². The summed E-state index contributed by atoms with van der Waals surface area (Å²) in [6.45, 7) is 0. The van der Waals surface area contributed by atoms with Crippen molar-refractivity contribution >= 4 is 35.8 Å². The summed E-state index contributed by atoms with van der Waals surface area (Å²) in [5.41, 5.74) is 0.457. The number of rotatable bonds is 2. The molecule has 1 N–H and O–H groups in total. The van der Waals surface area contributed by atoms with E-state index in [1.54, 1.807) is 24.3 Å². The number of nitrogens with one attached hydrogen (secondary N) is 1. The van der Waals surface area contributed by atoms with Gasteiger partial charge in [-0.15, -0.1) is 12.6 Å². The van der Waals surface area contributed by atoms with Gasteiger partial charge in [0.2, 0.25) is 0 Å². The van der Waals surface area contributed by atoms with Gasteiger partial charge in [-0.2, -0.15) is 0 Å². The van der Waals surface area contributed by atoms with Gasteiger partial charge in [0.15, 0.2) is 0 Å². The SMILES string of the molecule is O=C(Nc1cc(Cl)ccc1F)c1cccc(S)c1. The molecular formula is C13H9ClFNOS. The number of thiol groups is 1. The van der Waals surface area contributed by atoms with Crippen LogP contribution < -0.4 is 5.32 Å². The molecule has 0 aliphatic heterocycles. The van der Waals surface area contributed by atoms with Gasteiger partial charge in [-0.3, -0.25) is 4.79 Å². The fraction of sp³-hybridized carbons (Fsp3) is 0. The van der Waals surface area contributed by atoms with E-state index in [0.29, 0.717) is 15.5 Å². The summed E-state index contributed by atoms with van der Waals surface area (Å²) in [5, 5.41) is 2.82. The normalized spacial score (nSPS) is 10.2. The highest BCUT2D eigenvalue weighted by Crippen LogP contribution is 2.20. The summed E-state index contributed by atoms with van der Waals surface area (Å²) >= 11 is 9.88. The highest BCUT2D eigenvalue weighted by Gasteiger charge is 2.09. The lowest BCUT2D eigenvalue weighted by atomic mass is 10.2. The fourth-order valence-electron chi connectivity index (χ4n) is 1.43. The second-order valence-corrected chi connectivity index (χ2v) is 4.58. The predicted octanol–water partition coefficient (Wildman–Crippen LogP) is 4.02. The molecule has 0 heterocycles. The first-order valence-corrected chi connectivity index (χ1v) is 5.94. The third-order valence-corrected chi connectivity index (χ3v) is 2.80. The smallest absolute Gasteiger partial charge is 0.255 e. The average Bonchev–Trinajstić information content (AvgIpc) is 2.34. The Kier molecular flexibility index (Phi) is 3.89. The van der Waals surface area contributed by atoms with Crippen molar-refractivity contribution < 1.29 is 9.18 Å². The highest BCUT2D eigenvalue weighted by molar-refractivity contribution is 7.80. The number of halogens is 2. The molecule has 0 atom stereocenters. The zero-order valence-corrected chi connectivity index (χ0v) is 10.8. The minimum atomic E-state index is -0.533. The Hall–Kier alpha value is -1.52. The number of anilines is 1. The van der Waals surface area contributed by atoms with E-state index in [1.165, 1.54) is 18.2 Å². The van der Waals surface area contributed by atoms with Crippen molar-refractivity contribution in [1.29, 1.82) is 0 Å². The molecule has 2 nitrogen and oxygen atoms in total. The summed E-state index contributed by atoms with van der Waals surface area (Å²) in [5.74, 6) is -0.943. The van der Waals surface area contributed by atoms with Crippen molar-refractivity contribution in [2.75, 3.05) is 5.32 Å². The number of hydrogen-bond acceptors (Lipinski definition) is 2. The molecule has 0 aliphatic rings. The van der Waals surface area contributed by atoms with Gasteiger partial charge in [-0.25, -0.2) is 4.39 Å². The van der Waals surface area contributed by atoms with Gasteiger partial charge in [0.05, 0.1) is 5.69 Å². The van der Waals surface area contributed by atoms with Crippen LogP contribution in [-0.2, 0) is 0 Å². The number of carbonyl (C=O) groups excluding carboxylic acids is 1. The molecule has 0 saturated carbocycles. The van der Waals surface area contributed by atoms with Crippen molar-refractivity contribution in [3.63, 3.8) is 0 Å². The van der Waals surface area contributed by atoms with Gasteiger partial charge in [0, 0.05) is 15.5 Å². The van der Waals surface area contributed by atoms with E-state index in [9.17, 15) is 9.18 Å². The van der Waals surface area contributed by atoms with Crippen LogP contribution >= 0.6 is 24.2 Å². The molecule has 0 radical (unpaired) electrons. The molecule has 2 rings (SSSR count). The molecule has 0 unspecified atom stereocenters. The van der Waals surface area contributed by atoms with Gasteiger partial charge >= 0.3 is 0 Å². The van der Waals surface area contributed by atoms with Gasteiger partial charge < -0.3 is 5.32 Å². The molecule has 1 amide bonds. The Balaban J connectivity index is 2.24. The van der Waals surface area contributed by atoms with Gasteiger partial charge in [-0.05, 0) is 36.4 Å². The number of hydrogen-bond donors (Lipinski definition) is 2. The molecular weight excluding hydrogens is 273 g/mol. The van der Waals surface area contributed by atoms with Gasteiger partial charge in [0.1, 0.15) is 5.82 Å². The first kappa shape index (κ1) is 12.9. The van der Waals surface area contributed by atoms with Crippen molar-refractivity contribution in [1.82, 2.24) is 0 Å². The maximum Gasteiger partial charge on any atom is 0.255 e. The second-order valence-electron chi connectivity index (χ2n) is 3.63. The summed E-state index contributed by atoms with van der Waals surface area (Å²) in [4.78, 5) is 12.5. The lowest BCUT2D eigenvalue weighted by molar-refractivity contribution is 0.102. The Bertz CT molecular complexity index is 603. The first-order chi connectivity index (χ1) is 8.56. The van der Waals surface area contributed by atoms with E-state index < -0.39 is 11.7 Å². The van der Waals surface area contributed by atoms with E-state index in [1.807, 2.05) is 0 Å². The van der Waals surface area contributed by atoms with Gasteiger partial charge in [0.25, 0.3) is 5.91 Å². The zero-order valence-electron chi connectivity index (χ0n) is 9.15. The quantitative estimate of drug-likeness (QED) is 0.800. The van der Waals surface area contributed by atoms with E-state index in [0.717, 1.165) is 0 Å². The Morgan fingerprint density at radius 2 is 2.00 bits per heavy atom. The predicted molar refractivity (Wildman–Crippen MR) is 73.1 cm³/mol. The Morgan fingerprint density at radius 1 is 1.22 bits per heavy atom. The molecule has 92 valence electrons. The summed E-state index contributed by atoms with van der Waals surface area (Å²) in [6, 6.07) is 10.6. The first-order valence-electron chi connectivity index (χ1n) is 5.12. The van der Waals surface area contributed by atoms with E-state index in [4.69, 9.17) is 11.6 Å².